The molecule has 1 saturated heterocycles. The molecule has 2 aliphatic rings. The number of ether oxygens (including phenoxy) is 5. The number of methoxy groups -OCH3 is 3. The van der Waals surface area contributed by atoms with Gasteiger partial charge in [0.05, 0.1) is 33.5 Å². The zero-order chi connectivity index (χ0) is 28.2. The molecule has 2 unspecified atom stereocenters. The van der Waals surface area contributed by atoms with Crippen LogP contribution in [0.3, 0.4) is 0 Å². The first-order valence-corrected chi connectivity index (χ1v) is 14.8. The van der Waals surface area contributed by atoms with E-state index in [9.17, 15) is 5.11 Å². The van der Waals surface area contributed by atoms with Gasteiger partial charge in [-0.05, 0) is 67.5 Å². The minimum absolute atomic E-state index is 0.271. The van der Waals surface area contributed by atoms with Crippen LogP contribution >= 0.6 is 0 Å². The van der Waals surface area contributed by atoms with E-state index < -0.39 is 6.10 Å². The summed E-state index contributed by atoms with van der Waals surface area (Å²) in [6, 6.07) is 14.9. The Morgan fingerprint density at radius 1 is 0.900 bits per heavy atom. The van der Waals surface area contributed by atoms with Crippen molar-refractivity contribution in [3.8, 4) is 17.2 Å². The molecule has 2 aromatic carbocycles. The zero-order valence-corrected chi connectivity index (χ0v) is 24.5. The normalized spacial score (nSPS) is 22.2. The maximum atomic E-state index is 10.5. The third-order valence-electron chi connectivity index (χ3n) is 8.13. The van der Waals surface area contributed by atoms with Crippen LogP contribution in [0, 0.1) is 0 Å². The lowest BCUT2D eigenvalue weighted by Crippen LogP contribution is -2.47. The minimum atomic E-state index is -0.551. The van der Waals surface area contributed by atoms with Crippen molar-refractivity contribution in [1.82, 2.24) is 10.2 Å². The highest BCUT2D eigenvalue weighted by Crippen LogP contribution is 2.30. The van der Waals surface area contributed by atoms with Gasteiger partial charge in [-0.25, -0.2) is 0 Å². The van der Waals surface area contributed by atoms with Crippen LogP contribution in [0.25, 0.3) is 0 Å². The van der Waals surface area contributed by atoms with Gasteiger partial charge in [-0.15, -0.1) is 0 Å². The number of nitrogens with one attached hydrogen (secondary N) is 1. The molecule has 2 aromatic rings. The fourth-order valence-corrected chi connectivity index (χ4v) is 5.84. The summed E-state index contributed by atoms with van der Waals surface area (Å²) in [6.07, 6.45) is 7.35. The van der Waals surface area contributed by atoms with Crippen molar-refractivity contribution < 1.29 is 28.8 Å². The second kappa shape index (κ2) is 16.2. The van der Waals surface area contributed by atoms with Gasteiger partial charge < -0.3 is 34.1 Å². The highest BCUT2D eigenvalue weighted by Gasteiger charge is 2.35. The molecular weight excluding hydrogens is 508 g/mol. The first kappa shape index (κ1) is 30.6. The van der Waals surface area contributed by atoms with Gasteiger partial charge in [0, 0.05) is 38.8 Å². The van der Waals surface area contributed by atoms with Gasteiger partial charge >= 0.3 is 0 Å². The van der Waals surface area contributed by atoms with E-state index in [2.05, 4.69) is 16.3 Å². The third-order valence-corrected chi connectivity index (χ3v) is 8.13. The Bertz CT molecular complexity index is 1000. The molecule has 8 heteroatoms. The molecule has 1 aliphatic carbocycles. The molecule has 4 atom stereocenters. The Hall–Kier alpha value is -2.36. The van der Waals surface area contributed by atoms with Crippen LogP contribution in [0.1, 0.15) is 43.2 Å². The summed E-state index contributed by atoms with van der Waals surface area (Å²) in [4.78, 5) is 2.60. The van der Waals surface area contributed by atoms with E-state index in [1.54, 1.807) is 21.3 Å². The van der Waals surface area contributed by atoms with Crippen molar-refractivity contribution in [2.24, 2.45) is 0 Å². The molecule has 4 rings (SSSR count). The standard InChI is InChI=1S/C32H48N2O6/c1-36-18-15-24-8-11-28(12-9-24)40-23-27(35)21-33-26-14-17-34(22-26)29-6-4-5-7-30(29)39-19-16-25-10-13-31(37-2)32(20-25)38-3/h8-13,20,26-27,29-30,33,35H,4-7,14-19,21-23H2,1-3H3/t26-,27?,29-,30?/m1/s1. The summed E-state index contributed by atoms with van der Waals surface area (Å²) in [5, 5.41) is 14.1. The van der Waals surface area contributed by atoms with Crippen LogP contribution in [-0.2, 0) is 22.3 Å². The van der Waals surface area contributed by atoms with E-state index in [0.717, 1.165) is 56.0 Å². The molecule has 1 aliphatic heterocycles. The van der Waals surface area contributed by atoms with E-state index in [4.69, 9.17) is 23.7 Å². The molecule has 1 saturated carbocycles. The van der Waals surface area contributed by atoms with E-state index in [1.807, 2.05) is 36.4 Å². The molecule has 0 bridgehead atoms. The summed E-state index contributed by atoms with van der Waals surface area (Å²) in [5.74, 6) is 2.29. The molecule has 1 heterocycles. The topological polar surface area (TPSA) is 81.7 Å². The van der Waals surface area contributed by atoms with Gasteiger partial charge in [0.2, 0.25) is 0 Å². The molecule has 2 fully saturated rings. The minimum Gasteiger partial charge on any atom is -0.493 e. The first-order chi connectivity index (χ1) is 19.6. The van der Waals surface area contributed by atoms with Gasteiger partial charge in [-0.3, -0.25) is 4.90 Å². The van der Waals surface area contributed by atoms with Gasteiger partial charge in [0.1, 0.15) is 18.5 Å². The van der Waals surface area contributed by atoms with Gasteiger partial charge in [0.15, 0.2) is 11.5 Å². The second-order valence-electron chi connectivity index (χ2n) is 10.9. The summed E-state index contributed by atoms with van der Waals surface area (Å²) in [7, 11) is 5.04. The Balaban J connectivity index is 1.16. The van der Waals surface area contributed by atoms with Gasteiger partial charge in [0.25, 0.3) is 0 Å². The van der Waals surface area contributed by atoms with E-state index >= 15 is 0 Å². The zero-order valence-electron chi connectivity index (χ0n) is 24.5. The summed E-state index contributed by atoms with van der Waals surface area (Å²) in [6.45, 7) is 4.28. The highest BCUT2D eigenvalue weighted by molar-refractivity contribution is 5.42. The second-order valence-corrected chi connectivity index (χ2v) is 10.9. The predicted octanol–water partition coefficient (Wildman–Crippen LogP) is 3.87. The molecule has 2 N–H and O–H groups in total. The third kappa shape index (κ3) is 9.08. The van der Waals surface area contributed by atoms with Crippen molar-refractivity contribution in [3.05, 3.63) is 53.6 Å². The summed E-state index contributed by atoms with van der Waals surface area (Å²) >= 11 is 0. The van der Waals surface area contributed by atoms with Crippen LogP contribution in [-0.4, -0.2) is 95.1 Å². The predicted molar refractivity (Wildman–Crippen MR) is 157 cm³/mol. The van der Waals surface area contributed by atoms with E-state index in [-0.39, 0.29) is 12.7 Å². The average Bonchev–Trinajstić information content (AvgIpc) is 3.47. The maximum absolute atomic E-state index is 10.5. The lowest BCUT2D eigenvalue weighted by molar-refractivity contribution is -0.0296. The summed E-state index contributed by atoms with van der Waals surface area (Å²) in [5.41, 5.74) is 2.41. The van der Waals surface area contributed by atoms with Crippen molar-refractivity contribution in [3.63, 3.8) is 0 Å². The highest BCUT2D eigenvalue weighted by atomic mass is 16.5. The monoisotopic (exact) mass is 556 g/mol. The first-order valence-electron chi connectivity index (χ1n) is 14.8. The largest absolute Gasteiger partial charge is 0.493 e. The van der Waals surface area contributed by atoms with Crippen LogP contribution in [0.15, 0.2) is 42.5 Å². The lowest BCUT2D eigenvalue weighted by Gasteiger charge is -2.38. The molecule has 0 amide bonds. The van der Waals surface area contributed by atoms with Crippen molar-refractivity contribution in [2.75, 3.05) is 60.8 Å². The van der Waals surface area contributed by atoms with E-state index in [1.165, 1.54) is 30.4 Å². The van der Waals surface area contributed by atoms with Crippen LogP contribution in [0.5, 0.6) is 17.2 Å². The number of benzene rings is 2. The number of hydrogen-bond donors (Lipinski definition) is 2. The van der Waals surface area contributed by atoms with Crippen molar-refractivity contribution in [2.45, 2.75) is 69.2 Å². The number of hydrogen-bond acceptors (Lipinski definition) is 8. The molecular formula is C32H48N2O6. The van der Waals surface area contributed by atoms with Crippen LogP contribution < -0.4 is 19.5 Å². The number of likely N-dealkylation sites (tertiary alicyclic amines) is 1. The number of rotatable bonds is 16. The maximum Gasteiger partial charge on any atom is 0.160 e. The average molecular weight is 557 g/mol. The molecule has 0 aromatic heterocycles. The fraction of sp³-hybridized carbons (Fsp3) is 0.625. The van der Waals surface area contributed by atoms with Crippen LogP contribution in [0.4, 0.5) is 0 Å². The Kier molecular flexibility index (Phi) is 12.4. The molecule has 40 heavy (non-hydrogen) atoms. The smallest absolute Gasteiger partial charge is 0.160 e. The number of aliphatic hydroxyl groups excluding tert-OH is 1. The van der Waals surface area contributed by atoms with Crippen LogP contribution in [0.2, 0.25) is 0 Å². The number of aliphatic hydroxyl groups is 1. The Morgan fingerprint density at radius 2 is 1.65 bits per heavy atom. The summed E-state index contributed by atoms with van der Waals surface area (Å²) < 4.78 is 28.2. The SMILES string of the molecule is COCCc1ccc(OCC(O)CN[C@@H]2CCN([C@@H]3CCCCC3OCCc3ccc(OC)c(OC)c3)C2)cc1. The molecule has 222 valence electrons. The Morgan fingerprint density at radius 3 is 2.42 bits per heavy atom. The fourth-order valence-electron chi connectivity index (χ4n) is 5.84. The Labute approximate surface area is 239 Å². The van der Waals surface area contributed by atoms with Gasteiger partial charge in [-0.2, -0.15) is 0 Å². The lowest BCUT2D eigenvalue weighted by atomic mass is 9.91. The molecule has 0 spiro atoms. The van der Waals surface area contributed by atoms with Gasteiger partial charge in [-0.1, -0.05) is 31.0 Å². The molecule has 8 nitrogen and oxygen atoms in total. The van der Waals surface area contributed by atoms with E-state index in [0.29, 0.717) is 31.8 Å². The van der Waals surface area contributed by atoms with Crippen molar-refractivity contribution >= 4 is 0 Å². The van der Waals surface area contributed by atoms with Crippen molar-refractivity contribution in [1.29, 1.82) is 0 Å². The molecule has 0 radical (unpaired) electrons. The number of nitrogens with zero attached hydrogens (tertiary/aromatic N) is 1. The quantitative estimate of drug-likeness (QED) is 0.323.